The predicted molar refractivity (Wildman–Crippen MR) is 151 cm³/mol. The molecule has 4 N–H and O–H groups in total. The van der Waals surface area contributed by atoms with Crippen LogP contribution in [0.2, 0.25) is 0 Å². The lowest BCUT2D eigenvalue weighted by molar-refractivity contribution is -0.192. The number of nitrogens with one attached hydrogen (secondary N) is 2. The fourth-order valence-electron chi connectivity index (χ4n) is 6.15. The van der Waals surface area contributed by atoms with Crippen LogP contribution in [0.15, 0.2) is 42.6 Å². The molecule has 1 fully saturated rings. The standard InChI is InChI=1S/C28H26N4O3.C2HF3O2/c1-31-11-7-16-5-6-19-21(26(16)31)23-22(27(34)30-28(23)35)20-18-4-2-3-15(24(18)29-25(19)20)8-12-32-13-9-17(33)10-14-32;3-2(4,5)1(6)7/h2-7,11,17,29,33H,8-10,12-14H2,1H3,(H,30,34,35);(H,6,7). The summed E-state index contributed by atoms with van der Waals surface area (Å²) in [5.74, 6) is -3.42. The van der Waals surface area contributed by atoms with Crippen molar-refractivity contribution in [3.8, 4) is 0 Å². The van der Waals surface area contributed by atoms with Gasteiger partial charge in [0.05, 0.1) is 28.3 Å². The molecule has 2 amide bonds. The van der Waals surface area contributed by atoms with E-state index in [-0.39, 0.29) is 17.9 Å². The maximum absolute atomic E-state index is 13.1. The summed E-state index contributed by atoms with van der Waals surface area (Å²) in [4.78, 5) is 41.1. The Morgan fingerprint density at radius 3 is 2.29 bits per heavy atom. The highest BCUT2D eigenvalue weighted by Crippen LogP contribution is 2.42. The number of carbonyl (C=O) groups excluding carboxylic acids is 2. The van der Waals surface area contributed by atoms with Crippen LogP contribution in [0.25, 0.3) is 43.5 Å². The van der Waals surface area contributed by atoms with Crippen molar-refractivity contribution in [2.24, 2.45) is 7.05 Å². The molecule has 7 rings (SSSR count). The average Bonchev–Trinajstić information content (AvgIpc) is 3.61. The molecule has 0 atom stereocenters. The Morgan fingerprint density at radius 1 is 0.976 bits per heavy atom. The van der Waals surface area contributed by atoms with Crippen LogP contribution in [0.4, 0.5) is 13.2 Å². The number of imide groups is 1. The number of piperidine rings is 1. The van der Waals surface area contributed by atoms with Crippen molar-refractivity contribution in [1.82, 2.24) is 19.8 Å². The molecule has 4 heterocycles. The van der Waals surface area contributed by atoms with Crippen molar-refractivity contribution in [2.45, 2.75) is 31.5 Å². The molecule has 0 bridgehead atoms. The lowest BCUT2D eigenvalue weighted by Crippen LogP contribution is -2.37. The van der Waals surface area contributed by atoms with Gasteiger partial charge in [-0.25, -0.2) is 4.79 Å². The van der Waals surface area contributed by atoms with Gasteiger partial charge in [0, 0.05) is 65.3 Å². The fourth-order valence-corrected chi connectivity index (χ4v) is 6.15. The van der Waals surface area contributed by atoms with E-state index in [9.17, 15) is 27.9 Å². The van der Waals surface area contributed by atoms with Crippen LogP contribution < -0.4 is 5.32 Å². The van der Waals surface area contributed by atoms with Crippen LogP contribution in [-0.4, -0.2) is 74.4 Å². The third kappa shape index (κ3) is 4.56. The normalized spacial score (nSPS) is 16.3. The molecule has 9 nitrogen and oxygen atoms in total. The van der Waals surface area contributed by atoms with E-state index in [1.54, 1.807) is 0 Å². The average molecular weight is 581 g/mol. The van der Waals surface area contributed by atoms with Gasteiger partial charge in [0.25, 0.3) is 11.8 Å². The number of aliphatic carboxylic acids is 1. The van der Waals surface area contributed by atoms with E-state index in [1.165, 1.54) is 5.56 Å². The molecule has 0 unspecified atom stereocenters. The van der Waals surface area contributed by atoms with Crippen molar-refractivity contribution >= 4 is 61.3 Å². The Hall–Kier alpha value is -4.42. The Bertz CT molecular complexity index is 1920. The number of aromatic nitrogens is 2. The minimum Gasteiger partial charge on any atom is -0.475 e. The number of carboxylic acid groups (broad SMARTS) is 1. The molecule has 12 heteroatoms. The number of alkyl halides is 3. The molecule has 3 aromatic carbocycles. The third-order valence-electron chi connectivity index (χ3n) is 8.16. The quantitative estimate of drug-likeness (QED) is 0.233. The molecule has 2 aliphatic heterocycles. The van der Waals surface area contributed by atoms with Crippen LogP contribution in [0.5, 0.6) is 0 Å². The lowest BCUT2D eigenvalue weighted by atomic mass is 9.93. The summed E-state index contributed by atoms with van der Waals surface area (Å²) in [6.45, 7) is 2.75. The first kappa shape index (κ1) is 27.7. The second kappa shape index (κ2) is 10.1. The first-order valence-corrected chi connectivity index (χ1v) is 13.5. The number of amides is 2. The number of hydrogen-bond acceptors (Lipinski definition) is 5. The maximum atomic E-state index is 13.1. The van der Waals surface area contributed by atoms with Crippen LogP contribution in [0.3, 0.4) is 0 Å². The monoisotopic (exact) mass is 580 g/mol. The molecule has 42 heavy (non-hydrogen) atoms. The van der Waals surface area contributed by atoms with E-state index in [2.05, 4.69) is 33.4 Å². The zero-order valence-electron chi connectivity index (χ0n) is 22.5. The minimum absolute atomic E-state index is 0.177. The number of nitrogens with zero attached hydrogens (tertiary/aromatic N) is 2. The van der Waals surface area contributed by atoms with E-state index < -0.39 is 12.1 Å². The number of para-hydroxylation sites is 1. The summed E-state index contributed by atoms with van der Waals surface area (Å²) in [5, 5.41) is 24.1. The Morgan fingerprint density at radius 2 is 1.62 bits per heavy atom. The van der Waals surface area contributed by atoms with Crippen molar-refractivity contribution in [1.29, 1.82) is 0 Å². The van der Waals surface area contributed by atoms with Gasteiger partial charge in [0.1, 0.15) is 0 Å². The molecular formula is C30H27F3N4O5. The van der Waals surface area contributed by atoms with Gasteiger partial charge < -0.3 is 24.7 Å². The predicted octanol–water partition coefficient (Wildman–Crippen LogP) is 4.48. The van der Waals surface area contributed by atoms with E-state index in [0.717, 1.165) is 82.4 Å². The molecule has 0 aliphatic carbocycles. The van der Waals surface area contributed by atoms with Gasteiger partial charge in [-0.1, -0.05) is 30.3 Å². The summed E-state index contributed by atoms with van der Waals surface area (Å²) in [5.41, 5.74) is 5.01. The number of benzene rings is 3. The zero-order valence-corrected chi connectivity index (χ0v) is 22.5. The van der Waals surface area contributed by atoms with Crippen LogP contribution in [0.1, 0.15) is 39.1 Å². The Balaban J connectivity index is 0.000000405. The number of aliphatic hydroxyl groups excluding tert-OH is 1. The fraction of sp³-hybridized carbons (Fsp3) is 0.300. The van der Waals surface area contributed by atoms with Gasteiger partial charge in [0.15, 0.2) is 0 Å². The number of aryl methyl sites for hydroxylation is 1. The highest BCUT2D eigenvalue weighted by molar-refractivity contribution is 6.39. The largest absolute Gasteiger partial charge is 0.490 e. The number of hydrogen-bond donors (Lipinski definition) is 4. The number of aromatic amines is 1. The number of carboxylic acids is 1. The van der Waals surface area contributed by atoms with Gasteiger partial charge in [-0.3, -0.25) is 14.9 Å². The van der Waals surface area contributed by atoms with Crippen LogP contribution >= 0.6 is 0 Å². The highest BCUT2D eigenvalue weighted by atomic mass is 19.4. The second-order valence-electron chi connectivity index (χ2n) is 10.7. The second-order valence-corrected chi connectivity index (χ2v) is 10.7. The number of fused-ring (bicyclic) bond motifs is 10. The summed E-state index contributed by atoms with van der Waals surface area (Å²) in [6, 6.07) is 12.4. The zero-order chi connectivity index (χ0) is 29.9. The molecular weight excluding hydrogens is 553 g/mol. The smallest absolute Gasteiger partial charge is 0.475 e. The minimum atomic E-state index is -5.08. The highest BCUT2D eigenvalue weighted by Gasteiger charge is 2.38. The molecule has 2 aliphatic rings. The third-order valence-corrected chi connectivity index (χ3v) is 8.16. The molecule has 0 spiro atoms. The number of likely N-dealkylation sites (tertiary alicyclic amines) is 1. The molecule has 5 aromatic rings. The summed E-state index contributed by atoms with van der Waals surface area (Å²) >= 11 is 0. The van der Waals surface area contributed by atoms with Gasteiger partial charge in [0.2, 0.25) is 0 Å². The number of halogens is 3. The van der Waals surface area contributed by atoms with Gasteiger partial charge in [-0.15, -0.1) is 0 Å². The van der Waals surface area contributed by atoms with Crippen LogP contribution in [0, 0.1) is 0 Å². The number of aliphatic hydroxyl groups is 1. The van der Waals surface area contributed by atoms with Gasteiger partial charge in [-0.05, 0) is 30.9 Å². The number of H-pyrrole nitrogens is 1. The van der Waals surface area contributed by atoms with E-state index in [0.29, 0.717) is 11.1 Å². The summed E-state index contributed by atoms with van der Waals surface area (Å²) < 4.78 is 33.8. The molecule has 1 saturated heterocycles. The maximum Gasteiger partial charge on any atom is 0.490 e. The molecule has 0 saturated carbocycles. The van der Waals surface area contributed by atoms with E-state index in [1.807, 2.05) is 36.0 Å². The molecule has 0 radical (unpaired) electrons. The molecule has 218 valence electrons. The SMILES string of the molecule is Cn1ccc2ccc3c4[nH]c5c(CCN6CCC(O)CC6)cccc5c4c4c(c3c21)C(=O)NC4=O.O=C(O)C(F)(F)F. The number of carbonyl (C=O) groups is 3. The first-order valence-electron chi connectivity index (χ1n) is 13.5. The Labute approximate surface area is 236 Å². The topological polar surface area (TPSA) is 128 Å². The van der Waals surface area contributed by atoms with Crippen molar-refractivity contribution in [3.05, 3.63) is 59.3 Å². The van der Waals surface area contributed by atoms with E-state index >= 15 is 0 Å². The summed E-state index contributed by atoms with van der Waals surface area (Å²) in [6.07, 6.45) is -0.758. The van der Waals surface area contributed by atoms with Crippen LogP contribution in [-0.2, 0) is 18.3 Å². The molecule has 2 aromatic heterocycles. The van der Waals surface area contributed by atoms with Crippen molar-refractivity contribution < 1.29 is 37.8 Å². The van der Waals surface area contributed by atoms with E-state index in [4.69, 9.17) is 9.90 Å². The van der Waals surface area contributed by atoms with Gasteiger partial charge in [-0.2, -0.15) is 13.2 Å². The van der Waals surface area contributed by atoms with Crippen molar-refractivity contribution in [2.75, 3.05) is 19.6 Å². The Kier molecular flexibility index (Phi) is 6.70. The first-order chi connectivity index (χ1) is 20.0. The van der Waals surface area contributed by atoms with Crippen molar-refractivity contribution in [3.63, 3.8) is 0 Å². The lowest BCUT2D eigenvalue weighted by Gasteiger charge is -2.29. The van der Waals surface area contributed by atoms with Gasteiger partial charge >= 0.3 is 12.1 Å². The number of rotatable bonds is 3. The summed E-state index contributed by atoms with van der Waals surface area (Å²) in [7, 11) is 1.97.